The summed E-state index contributed by atoms with van der Waals surface area (Å²) in [5, 5.41) is 4.12. The van der Waals surface area contributed by atoms with Crippen LogP contribution in [0.25, 0.3) is 10.2 Å². The Morgan fingerprint density at radius 1 is 1.22 bits per heavy atom. The lowest BCUT2D eigenvalue weighted by atomic mass is 9.96. The molecule has 1 N–H and O–H groups in total. The van der Waals surface area contributed by atoms with Crippen molar-refractivity contribution >= 4 is 38.5 Å². The summed E-state index contributed by atoms with van der Waals surface area (Å²) in [6.07, 6.45) is 4.22. The summed E-state index contributed by atoms with van der Waals surface area (Å²) < 4.78 is 1.21. The summed E-state index contributed by atoms with van der Waals surface area (Å²) in [7, 11) is 0. The molecule has 27 heavy (non-hydrogen) atoms. The van der Waals surface area contributed by atoms with Crippen LogP contribution in [0.3, 0.4) is 0 Å². The molecule has 1 aromatic heterocycles. The van der Waals surface area contributed by atoms with Crippen LogP contribution < -0.4 is 10.2 Å². The van der Waals surface area contributed by atoms with E-state index in [0.717, 1.165) is 62.5 Å². The summed E-state index contributed by atoms with van der Waals surface area (Å²) in [5.41, 5.74) is 1.05. The standard InChI is InChI=1S/C20H26N4O2S/c25-18-7-3-11-23(18)12-4-10-21-19(26)15-8-13-24(14-9-15)20-22-16-5-1-2-6-17(16)27-20/h1-2,5-6,15H,3-4,7-14H2,(H,21,26). The van der Waals surface area contributed by atoms with Crippen molar-refractivity contribution < 1.29 is 9.59 Å². The number of amides is 2. The number of benzene rings is 1. The van der Waals surface area contributed by atoms with E-state index < -0.39 is 0 Å². The first kappa shape index (κ1) is 18.2. The van der Waals surface area contributed by atoms with Crippen molar-refractivity contribution in [3.8, 4) is 0 Å². The average Bonchev–Trinajstić information content (AvgIpc) is 3.31. The number of rotatable bonds is 6. The lowest BCUT2D eigenvalue weighted by Crippen LogP contribution is -2.41. The van der Waals surface area contributed by atoms with Gasteiger partial charge in [-0.2, -0.15) is 0 Å². The molecule has 2 aliphatic heterocycles. The van der Waals surface area contributed by atoms with E-state index in [1.165, 1.54) is 4.70 Å². The van der Waals surface area contributed by atoms with E-state index in [0.29, 0.717) is 13.0 Å². The van der Waals surface area contributed by atoms with Gasteiger partial charge in [-0.25, -0.2) is 4.98 Å². The van der Waals surface area contributed by atoms with Crippen LogP contribution in [0.2, 0.25) is 0 Å². The van der Waals surface area contributed by atoms with Crippen LogP contribution in [-0.2, 0) is 9.59 Å². The van der Waals surface area contributed by atoms with E-state index in [4.69, 9.17) is 4.98 Å². The molecule has 0 radical (unpaired) electrons. The first-order chi connectivity index (χ1) is 13.2. The molecule has 2 amide bonds. The molecule has 4 rings (SSSR count). The van der Waals surface area contributed by atoms with E-state index in [1.807, 2.05) is 23.1 Å². The highest BCUT2D eigenvalue weighted by Crippen LogP contribution is 2.31. The number of nitrogens with zero attached hydrogens (tertiary/aromatic N) is 3. The molecular weight excluding hydrogens is 360 g/mol. The Balaban J connectivity index is 1.20. The van der Waals surface area contributed by atoms with Gasteiger partial charge in [-0.3, -0.25) is 9.59 Å². The molecule has 6 nitrogen and oxygen atoms in total. The topological polar surface area (TPSA) is 65.5 Å². The molecule has 144 valence electrons. The summed E-state index contributed by atoms with van der Waals surface area (Å²) in [6, 6.07) is 8.21. The van der Waals surface area contributed by atoms with Crippen LogP contribution in [0.4, 0.5) is 5.13 Å². The number of anilines is 1. The van der Waals surface area contributed by atoms with Crippen molar-refractivity contribution in [2.24, 2.45) is 5.92 Å². The Hall–Kier alpha value is -2.15. The first-order valence-electron chi connectivity index (χ1n) is 9.87. The largest absolute Gasteiger partial charge is 0.356 e. The van der Waals surface area contributed by atoms with Crippen LogP contribution in [0.5, 0.6) is 0 Å². The quantitative estimate of drug-likeness (QED) is 0.775. The lowest BCUT2D eigenvalue weighted by Gasteiger charge is -2.31. The van der Waals surface area contributed by atoms with Crippen molar-refractivity contribution in [1.29, 1.82) is 0 Å². The minimum Gasteiger partial charge on any atom is -0.356 e. The highest BCUT2D eigenvalue weighted by atomic mass is 32.1. The minimum atomic E-state index is 0.0871. The van der Waals surface area contributed by atoms with Crippen molar-refractivity contribution in [3.05, 3.63) is 24.3 Å². The van der Waals surface area contributed by atoms with Crippen molar-refractivity contribution in [1.82, 2.24) is 15.2 Å². The predicted octanol–water partition coefficient (Wildman–Crippen LogP) is 2.64. The Morgan fingerprint density at radius 3 is 2.78 bits per heavy atom. The molecule has 3 heterocycles. The molecule has 0 spiro atoms. The number of aromatic nitrogens is 1. The highest BCUT2D eigenvalue weighted by molar-refractivity contribution is 7.22. The van der Waals surface area contributed by atoms with Gasteiger partial charge < -0.3 is 15.1 Å². The van der Waals surface area contributed by atoms with Gasteiger partial charge in [0.2, 0.25) is 11.8 Å². The van der Waals surface area contributed by atoms with Gasteiger partial charge in [0, 0.05) is 45.1 Å². The van der Waals surface area contributed by atoms with Crippen LogP contribution in [-0.4, -0.2) is 54.4 Å². The van der Waals surface area contributed by atoms with Gasteiger partial charge in [0.1, 0.15) is 0 Å². The van der Waals surface area contributed by atoms with Gasteiger partial charge in [-0.15, -0.1) is 0 Å². The number of nitrogens with one attached hydrogen (secondary N) is 1. The number of likely N-dealkylation sites (tertiary alicyclic amines) is 1. The maximum absolute atomic E-state index is 12.4. The SMILES string of the molecule is O=C(NCCCN1CCCC1=O)C1CCN(c2nc3ccccc3s2)CC1. The Labute approximate surface area is 163 Å². The molecule has 0 atom stereocenters. The van der Waals surface area contributed by atoms with Gasteiger partial charge >= 0.3 is 0 Å². The van der Waals surface area contributed by atoms with Crippen molar-refractivity contribution in [3.63, 3.8) is 0 Å². The highest BCUT2D eigenvalue weighted by Gasteiger charge is 2.26. The van der Waals surface area contributed by atoms with Gasteiger partial charge in [0.05, 0.1) is 10.2 Å². The van der Waals surface area contributed by atoms with Crippen LogP contribution in [0.15, 0.2) is 24.3 Å². The van der Waals surface area contributed by atoms with Gasteiger partial charge in [0.15, 0.2) is 5.13 Å². The first-order valence-corrected chi connectivity index (χ1v) is 10.7. The van der Waals surface area contributed by atoms with Crippen molar-refractivity contribution in [2.75, 3.05) is 37.6 Å². The maximum Gasteiger partial charge on any atom is 0.223 e. The molecular formula is C20H26N4O2S. The molecule has 0 unspecified atom stereocenters. The fourth-order valence-electron chi connectivity index (χ4n) is 3.89. The van der Waals surface area contributed by atoms with Crippen LogP contribution in [0.1, 0.15) is 32.1 Å². The number of para-hydroxylation sites is 1. The van der Waals surface area contributed by atoms with Gasteiger partial charge in [-0.05, 0) is 37.8 Å². The molecule has 2 aliphatic rings. The maximum atomic E-state index is 12.4. The Morgan fingerprint density at radius 2 is 2.04 bits per heavy atom. The number of fused-ring (bicyclic) bond motifs is 1. The third kappa shape index (κ3) is 4.24. The molecule has 0 aliphatic carbocycles. The van der Waals surface area contributed by atoms with Crippen LogP contribution >= 0.6 is 11.3 Å². The summed E-state index contributed by atoms with van der Waals surface area (Å²) in [6.45, 7) is 4.03. The summed E-state index contributed by atoms with van der Waals surface area (Å²) >= 11 is 1.72. The van der Waals surface area contributed by atoms with E-state index in [9.17, 15) is 9.59 Å². The molecule has 2 saturated heterocycles. The predicted molar refractivity (Wildman–Crippen MR) is 108 cm³/mol. The van der Waals surface area contributed by atoms with Gasteiger partial charge in [0.25, 0.3) is 0 Å². The van der Waals surface area contributed by atoms with E-state index in [2.05, 4.69) is 16.3 Å². The zero-order valence-corrected chi connectivity index (χ0v) is 16.3. The van der Waals surface area contributed by atoms with E-state index in [1.54, 1.807) is 11.3 Å². The number of carbonyl (C=O) groups excluding carboxylic acids is 2. The molecule has 2 aromatic rings. The second kappa shape index (κ2) is 8.25. The Kier molecular flexibility index (Phi) is 5.57. The number of carbonyl (C=O) groups is 2. The molecule has 0 saturated carbocycles. The number of hydrogen-bond donors (Lipinski definition) is 1. The molecule has 2 fully saturated rings. The average molecular weight is 387 g/mol. The summed E-state index contributed by atoms with van der Waals surface area (Å²) in [4.78, 5) is 32.9. The zero-order valence-electron chi connectivity index (χ0n) is 15.5. The fourth-order valence-corrected chi connectivity index (χ4v) is 4.91. The molecule has 0 bridgehead atoms. The third-order valence-corrected chi connectivity index (χ3v) is 6.59. The lowest BCUT2D eigenvalue weighted by molar-refractivity contribution is -0.127. The second-order valence-electron chi connectivity index (χ2n) is 7.35. The van der Waals surface area contributed by atoms with E-state index >= 15 is 0 Å². The fraction of sp³-hybridized carbons (Fsp3) is 0.550. The zero-order chi connectivity index (χ0) is 18.6. The second-order valence-corrected chi connectivity index (χ2v) is 8.36. The monoisotopic (exact) mass is 386 g/mol. The van der Waals surface area contributed by atoms with Gasteiger partial charge in [-0.1, -0.05) is 23.5 Å². The molecule has 1 aromatic carbocycles. The van der Waals surface area contributed by atoms with E-state index in [-0.39, 0.29) is 17.7 Å². The molecule has 7 heteroatoms. The number of piperidine rings is 1. The van der Waals surface area contributed by atoms with Crippen molar-refractivity contribution in [2.45, 2.75) is 32.1 Å². The smallest absolute Gasteiger partial charge is 0.223 e. The normalized spacial score (nSPS) is 18.4. The number of hydrogen-bond acceptors (Lipinski definition) is 5. The third-order valence-electron chi connectivity index (χ3n) is 5.49. The number of thiazole rings is 1. The minimum absolute atomic E-state index is 0.0871. The van der Waals surface area contributed by atoms with Crippen LogP contribution in [0, 0.1) is 5.92 Å². The Bertz CT molecular complexity index is 780. The summed E-state index contributed by atoms with van der Waals surface area (Å²) in [5.74, 6) is 0.499.